The van der Waals surface area contributed by atoms with Gasteiger partial charge in [-0.1, -0.05) is 13.0 Å². The number of H-pyrrole nitrogens is 2. The Morgan fingerprint density at radius 3 is 2.88 bits per heavy atom. The van der Waals surface area contributed by atoms with Gasteiger partial charge in [0.25, 0.3) is 0 Å². The molecule has 0 bridgehead atoms. The summed E-state index contributed by atoms with van der Waals surface area (Å²) in [5, 5.41) is 3.17. The minimum Gasteiger partial charge on any atom is -0.306 e. The van der Waals surface area contributed by atoms with Crippen molar-refractivity contribution in [2.45, 2.75) is 13.3 Å². The van der Waals surface area contributed by atoms with Crippen molar-refractivity contribution < 1.29 is 0 Å². The number of aryl methyl sites for hydroxylation is 1. The van der Waals surface area contributed by atoms with Crippen LogP contribution in [0.3, 0.4) is 0 Å². The smallest absolute Gasteiger partial charge is 0.306 e. The molecule has 2 heterocycles. The summed E-state index contributed by atoms with van der Waals surface area (Å²) in [4.78, 5) is 21.2. The normalized spacial score (nSPS) is 11.1. The van der Waals surface area contributed by atoms with E-state index in [1.54, 1.807) is 11.3 Å². The quantitative estimate of drug-likeness (QED) is 0.728. The molecule has 5 heteroatoms. The van der Waals surface area contributed by atoms with Gasteiger partial charge in [-0.25, -0.2) is 9.78 Å². The van der Waals surface area contributed by atoms with Gasteiger partial charge in [0, 0.05) is 10.9 Å². The topological polar surface area (TPSA) is 61.5 Å². The Kier molecular flexibility index (Phi) is 2.33. The number of aromatic nitrogens is 3. The van der Waals surface area contributed by atoms with E-state index in [0.717, 1.165) is 33.7 Å². The molecule has 0 fully saturated rings. The molecule has 86 valence electrons. The average molecular weight is 245 g/mol. The molecule has 0 aliphatic heterocycles. The van der Waals surface area contributed by atoms with Crippen LogP contribution in [-0.4, -0.2) is 15.0 Å². The van der Waals surface area contributed by atoms with Crippen molar-refractivity contribution in [1.29, 1.82) is 0 Å². The summed E-state index contributed by atoms with van der Waals surface area (Å²) in [7, 11) is 0. The van der Waals surface area contributed by atoms with E-state index in [2.05, 4.69) is 21.9 Å². The maximum Gasteiger partial charge on any atom is 0.323 e. The fourth-order valence-electron chi connectivity index (χ4n) is 1.80. The summed E-state index contributed by atoms with van der Waals surface area (Å²) in [6.07, 6.45) is 0.952. The number of fused-ring (bicyclic) bond motifs is 1. The minimum atomic E-state index is -0.176. The van der Waals surface area contributed by atoms with E-state index in [1.807, 2.05) is 23.6 Å². The average Bonchev–Trinajstić information content (AvgIpc) is 2.92. The molecule has 2 aromatic heterocycles. The van der Waals surface area contributed by atoms with Crippen LogP contribution in [0.5, 0.6) is 0 Å². The van der Waals surface area contributed by atoms with Crippen LogP contribution in [0.15, 0.2) is 28.4 Å². The lowest BCUT2D eigenvalue weighted by Crippen LogP contribution is -1.99. The second kappa shape index (κ2) is 3.85. The minimum absolute atomic E-state index is 0.176. The fourth-order valence-corrected chi connectivity index (χ4v) is 2.55. The summed E-state index contributed by atoms with van der Waals surface area (Å²) >= 11 is 1.66. The zero-order valence-corrected chi connectivity index (χ0v) is 10.1. The molecule has 1 aromatic carbocycles. The van der Waals surface area contributed by atoms with Crippen molar-refractivity contribution in [3.05, 3.63) is 39.1 Å². The lowest BCUT2D eigenvalue weighted by atomic mass is 10.1. The first-order valence-corrected chi connectivity index (χ1v) is 6.31. The number of thiazole rings is 1. The number of hydrogen-bond donors (Lipinski definition) is 2. The van der Waals surface area contributed by atoms with Crippen molar-refractivity contribution in [3.8, 4) is 11.3 Å². The van der Waals surface area contributed by atoms with E-state index in [0.29, 0.717) is 0 Å². The van der Waals surface area contributed by atoms with Crippen LogP contribution in [0.1, 0.15) is 11.9 Å². The van der Waals surface area contributed by atoms with Crippen LogP contribution < -0.4 is 5.69 Å². The number of rotatable bonds is 2. The zero-order valence-electron chi connectivity index (χ0n) is 9.28. The van der Waals surface area contributed by atoms with Crippen LogP contribution in [0.2, 0.25) is 0 Å². The molecule has 17 heavy (non-hydrogen) atoms. The van der Waals surface area contributed by atoms with E-state index < -0.39 is 0 Å². The molecule has 4 nitrogen and oxygen atoms in total. The SMILES string of the molecule is CCc1nc(-c2ccc3[nH]c(=O)[nH]c3c2)cs1. The Bertz CT molecular complexity index is 723. The predicted molar refractivity (Wildman–Crippen MR) is 69.4 cm³/mol. The summed E-state index contributed by atoms with van der Waals surface area (Å²) in [5.41, 5.74) is 3.47. The highest BCUT2D eigenvalue weighted by Crippen LogP contribution is 2.24. The highest BCUT2D eigenvalue weighted by molar-refractivity contribution is 7.09. The van der Waals surface area contributed by atoms with Gasteiger partial charge in [-0.05, 0) is 18.6 Å². The van der Waals surface area contributed by atoms with Gasteiger partial charge in [0.15, 0.2) is 0 Å². The molecular weight excluding hydrogens is 234 g/mol. The van der Waals surface area contributed by atoms with Crippen molar-refractivity contribution in [2.24, 2.45) is 0 Å². The number of benzene rings is 1. The Morgan fingerprint density at radius 2 is 2.12 bits per heavy atom. The number of nitrogens with one attached hydrogen (secondary N) is 2. The molecule has 0 amide bonds. The zero-order chi connectivity index (χ0) is 11.8. The number of imidazole rings is 1. The summed E-state index contributed by atoms with van der Waals surface area (Å²) < 4.78 is 0. The first-order valence-electron chi connectivity index (χ1n) is 5.43. The van der Waals surface area contributed by atoms with Crippen molar-refractivity contribution in [1.82, 2.24) is 15.0 Å². The summed E-state index contributed by atoms with van der Waals surface area (Å²) in [6, 6.07) is 5.82. The van der Waals surface area contributed by atoms with E-state index in [9.17, 15) is 4.79 Å². The molecule has 0 saturated carbocycles. The van der Waals surface area contributed by atoms with Gasteiger partial charge in [-0.3, -0.25) is 0 Å². The van der Waals surface area contributed by atoms with Crippen molar-refractivity contribution >= 4 is 22.4 Å². The maximum absolute atomic E-state index is 11.2. The molecule has 2 N–H and O–H groups in total. The van der Waals surface area contributed by atoms with Crippen molar-refractivity contribution in [3.63, 3.8) is 0 Å². The maximum atomic E-state index is 11.2. The Labute approximate surface area is 101 Å². The molecule has 0 spiro atoms. The van der Waals surface area contributed by atoms with Crippen molar-refractivity contribution in [2.75, 3.05) is 0 Å². The number of aromatic amines is 2. The van der Waals surface area contributed by atoms with E-state index in [4.69, 9.17) is 0 Å². The first kappa shape index (κ1) is 10.3. The number of nitrogens with zero attached hydrogens (tertiary/aromatic N) is 1. The molecule has 0 atom stereocenters. The van der Waals surface area contributed by atoms with E-state index in [-0.39, 0.29) is 5.69 Å². The molecule has 0 saturated heterocycles. The molecule has 3 aromatic rings. The van der Waals surface area contributed by atoms with Gasteiger partial charge in [0.05, 0.1) is 21.7 Å². The number of hydrogen-bond acceptors (Lipinski definition) is 3. The van der Waals surface area contributed by atoms with Crippen LogP contribution in [0.4, 0.5) is 0 Å². The molecule has 0 aliphatic rings. The highest BCUT2D eigenvalue weighted by Gasteiger charge is 2.05. The van der Waals surface area contributed by atoms with E-state index >= 15 is 0 Å². The van der Waals surface area contributed by atoms with Crippen LogP contribution in [-0.2, 0) is 6.42 Å². The second-order valence-electron chi connectivity index (χ2n) is 3.82. The predicted octanol–water partition coefficient (Wildman–Crippen LogP) is 2.54. The van der Waals surface area contributed by atoms with Crippen LogP contribution in [0.25, 0.3) is 22.3 Å². The lowest BCUT2D eigenvalue weighted by molar-refractivity contribution is 1.10. The summed E-state index contributed by atoms with van der Waals surface area (Å²) in [6.45, 7) is 2.09. The lowest BCUT2D eigenvalue weighted by Gasteiger charge is -1.96. The van der Waals surface area contributed by atoms with Crippen LogP contribution >= 0.6 is 11.3 Å². The molecular formula is C12H11N3OS. The molecule has 0 aliphatic carbocycles. The fraction of sp³-hybridized carbons (Fsp3) is 0.167. The third kappa shape index (κ3) is 1.78. The van der Waals surface area contributed by atoms with Gasteiger partial charge >= 0.3 is 5.69 Å². The van der Waals surface area contributed by atoms with Gasteiger partial charge < -0.3 is 9.97 Å². The Morgan fingerprint density at radius 1 is 1.29 bits per heavy atom. The van der Waals surface area contributed by atoms with Crippen LogP contribution in [0, 0.1) is 0 Å². The van der Waals surface area contributed by atoms with Gasteiger partial charge in [0.2, 0.25) is 0 Å². The Hall–Kier alpha value is -1.88. The van der Waals surface area contributed by atoms with E-state index in [1.165, 1.54) is 0 Å². The van der Waals surface area contributed by atoms with Gasteiger partial charge in [0.1, 0.15) is 0 Å². The summed E-state index contributed by atoms with van der Waals surface area (Å²) in [5.74, 6) is 0. The molecule has 0 unspecified atom stereocenters. The Balaban J connectivity index is 2.13. The highest BCUT2D eigenvalue weighted by atomic mass is 32.1. The second-order valence-corrected chi connectivity index (χ2v) is 4.76. The first-order chi connectivity index (χ1) is 8.26. The largest absolute Gasteiger partial charge is 0.323 e. The monoisotopic (exact) mass is 245 g/mol. The third-order valence-corrected chi connectivity index (χ3v) is 3.66. The van der Waals surface area contributed by atoms with Gasteiger partial charge in [-0.15, -0.1) is 11.3 Å². The van der Waals surface area contributed by atoms with Gasteiger partial charge in [-0.2, -0.15) is 0 Å². The third-order valence-electron chi connectivity index (χ3n) is 2.67. The standard InChI is InChI=1S/C12H11N3OS/c1-2-11-13-10(6-17-11)7-3-4-8-9(5-7)15-12(16)14-8/h3-6H,2H2,1H3,(H2,14,15,16). The molecule has 3 rings (SSSR count). The molecule has 0 radical (unpaired) electrons.